The molecule has 1 heterocycles. The summed E-state index contributed by atoms with van der Waals surface area (Å²) in [6.07, 6.45) is 2.28. The number of ether oxygens (including phenoxy) is 1. The summed E-state index contributed by atoms with van der Waals surface area (Å²) >= 11 is 0. The van der Waals surface area contributed by atoms with Crippen LogP contribution in [0, 0.1) is 11.6 Å². The van der Waals surface area contributed by atoms with Gasteiger partial charge in [0.25, 0.3) is 0 Å². The summed E-state index contributed by atoms with van der Waals surface area (Å²) in [5.74, 6) is 0.589. The highest BCUT2D eigenvalue weighted by Gasteiger charge is 2.22. The molecule has 0 N–H and O–H groups in total. The van der Waals surface area contributed by atoms with Crippen molar-refractivity contribution in [2.75, 3.05) is 0 Å². The molecule has 0 saturated heterocycles. The maximum Gasteiger partial charge on any atom is 0.136 e. The molecule has 0 unspecified atom stereocenters. The smallest absolute Gasteiger partial charge is 0.136 e. The van der Waals surface area contributed by atoms with Gasteiger partial charge in [-0.1, -0.05) is 43.3 Å². The van der Waals surface area contributed by atoms with Crippen LogP contribution in [0.3, 0.4) is 0 Å². The zero-order valence-electron chi connectivity index (χ0n) is 14.6. The van der Waals surface area contributed by atoms with Gasteiger partial charge < -0.3 is 4.74 Å². The summed E-state index contributed by atoms with van der Waals surface area (Å²) < 4.78 is 35.0. The first kappa shape index (κ1) is 16.5. The van der Waals surface area contributed by atoms with Gasteiger partial charge in [0, 0.05) is 21.6 Å². The molecule has 3 heteroatoms. The molecule has 0 aromatic heterocycles. The highest BCUT2D eigenvalue weighted by atomic mass is 19.1. The minimum atomic E-state index is -0.322. The van der Waals surface area contributed by atoms with E-state index in [2.05, 4.69) is 0 Å². The van der Waals surface area contributed by atoms with Crippen LogP contribution >= 0.6 is 0 Å². The van der Waals surface area contributed by atoms with Gasteiger partial charge in [0.1, 0.15) is 23.1 Å². The lowest BCUT2D eigenvalue weighted by atomic mass is 9.91. The Bertz CT molecular complexity index is 1120. The quantitative estimate of drug-likeness (QED) is 0.511. The topological polar surface area (TPSA) is 9.23 Å². The molecule has 0 fully saturated rings. The number of hydrogen-bond donors (Lipinski definition) is 0. The Kier molecular flexibility index (Phi) is 4.08. The second-order valence-corrected chi connectivity index (χ2v) is 6.29. The molecule has 1 nitrogen and oxygen atoms in total. The van der Waals surface area contributed by atoms with Crippen molar-refractivity contribution in [3.05, 3.63) is 93.4 Å². The number of fused-ring (bicyclic) bond motifs is 2. The maximum atomic E-state index is 14.5. The van der Waals surface area contributed by atoms with Crippen LogP contribution in [0.2, 0.25) is 0 Å². The zero-order chi connectivity index (χ0) is 18.3. The first-order valence-corrected chi connectivity index (χ1v) is 8.68. The van der Waals surface area contributed by atoms with Crippen molar-refractivity contribution in [3.63, 3.8) is 0 Å². The molecule has 0 saturated carbocycles. The lowest BCUT2D eigenvalue weighted by Gasteiger charge is -2.22. The third kappa shape index (κ3) is 2.60. The predicted octanol–water partition coefficient (Wildman–Crippen LogP) is 4.68. The molecule has 1 aliphatic heterocycles. The fraction of sp³-hybridized carbons (Fsp3) is 0.130. The molecule has 0 amide bonds. The SMILES string of the molecule is C/C=c1/cc2c(cc1F)=C(c1ccccc1)c1cc(F)c(CC)cc1O2. The number of halogens is 2. The lowest BCUT2D eigenvalue weighted by Crippen LogP contribution is -2.22. The van der Waals surface area contributed by atoms with E-state index in [0.29, 0.717) is 39.5 Å². The van der Waals surface area contributed by atoms with E-state index in [1.165, 1.54) is 12.1 Å². The number of rotatable bonds is 2. The van der Waals surface area contributed by atoms with Gasteiger partial charge in [-0.25, -0.2) is 8.78 Å². The van der Waals surface area contributed by atoms with Crippen molar-refractivity contribution in [2.24, 2.45) is 0 Å². The first-order chi connectivity index (χ1) is 12.6. The number of hydrogen-bond acceptors (Lipinski definition) is 1. The van der Waals surface area contributed by atoms with Crippen LogP contribution in [0.25, 0.3) is 11.6 Å². The van der Waals surface area contributed by atoms with Crippen LogP contribution in [0.1, 0.15) is 30.5 Å². The van der Waals surface area contributed by atoms with Gasteiger partial charge in [0.2, 0.25) is 0 Å². The van der Waals surface area contributed by atoms with Gasteiger partial charge in [-0.3, -0.25) is 0 Å². The number of aryl methyl sites for hydroxylation is 1. The van der Waals surface area contributed by atoms with Crippen molar-refractivity contribution in [1.82, 2.24) is 0 Å². The van der Waals surface area contributed by atoms with Crippen molar-refractivity contribution in [1.29, 1.82) is 0 Å². The van der Waals surface area contributed by atoms with Gasteiger partial charge in [-0.15, -0.1) is 0 Å². The maximum absolute atomic E-state index is 14.5. The molecule has 26 heavy (non-hydrogen) atoms. The van der Waals surface area contributed by atoms with Gasteiger partial charge in [-0.2, -0.15) is 0 Å². The number of benzene rings is 3. The van der Waals surface area contributed by atoms with E-state index in [0.717, 1.165) is 11.1 Å². The zero-order valence-corrected chi connectivity index (χ0v) is 14.6. The summed E-state index contributed by atoms with van der Waals surface area (Å²) in [6, 6.07) is 16.0. The molecular formula is C23H18F2O. The van der Waals surface area contributed by atoms with E-state index >= 15 is 0 Å². The minimum Gasteiger partial charge on any atom is -0.456 e. The van der Waals surface area contributed by atoms with E-state index in [1.807, 2.05) is 37.3 Å². The van der Waals surface area contributed by atoms with Crippen LogP contribution in [0.5, 0.6) is 11.5 Å². The molecule has 3 aromatic rings. The average Bonchev–Trinajstić information content (AvgIpc) is 2.66. The van der Waals surface area contributed by atoms with Crippen LogP contribution in [0.4, 0.5) is 8.78 Å². The fourth-order valence-electron chi connectivity index (χ4n) is 3.40. The minimum absolute atomic E-state index is 0.272. The molecule has 0 atom stereocenters. The molecule has 0 aliphatic carbocycles. The van der Waals surface area contributed by atoms with Gasteiger partial charge in [-0.05, 0) is 48.7 Å². The lowest BCUT2D eigenvalue weighted by molar-refractivity contribution is 0.465. The first-order valence-electron chi connectivity index (χ1n) is 8.68. The molecule has 1 aliphatic rings. The second-order valence-electron chi connectivity index (χ2n) is 6.29. The van der Waals surface area contributed by atoms with Crippen LogP contribution < -0.4 is 15.2 Å². The van der Waals surface area contributed by atoms with E-state index in [4.69, 9.17) is 4.74 Å². The monoisotopic (exact) mass is 348 g/mol. The summed E-state index contributed by atoms with van der Waals surface area (Å²) in [5.41, 5.74) is 2.93. The van der Waals surface area contributed by atoms with Crippen molar-refractivity contribution < 1.29 is 13.5 Å². The second kappa shape index (κ2) is 6.41. The van der Waals surface area contributed by atoms with Gasteiger partial charge in [0.15, 0.2) is 0 Å². The van der Waals surface area contributed by atoms with Gasteiger partial charge >= 0.3 is 0 Å². The van der Waals surface area contributed by atoms with Crippen LogP contribution in [-0.4, -0.2) is 0 Å². The van der Waals surface area contributed by atoms with Crippen molar-refractivity contribution >= 4 is 11.6 Å². The molecule has 4 rings (SSSR count). The molecule has 0 radical (unpaired) electrons. The highest BCUT2D eigenvalue weighted by molar-refractivity contribution is 5.85. The molecular weight excluding hydrogens is 330 g/mol. The van der Waals surface area contributed by atoms with Crippen LogP contribution in [0.15, 0.2) is 54.6 Å². The third-order valence-corrected chi connectivity index (χ3v) is 4.76. The Morgan fingerprint density at radius 2 is 1.69 bits per heavy atom. The Labute approximate surface area is 150 Å². The average molecular weight is 348 g/mol. The molecule has 3 aromatic carbocycles. The summed E-state index contributed by atoms with van der Waals surface area (Å²) in [7, 11) is 0. The summed E-state index contributed by atoms with van der Waals surface area (Å²) in [4.78, 5) is 0. The summed E-state index contributed by atoms with van der Waals surface area (Å²) in [5, 5.41) is 1.12. The molecule has 0 spiro atoms. The molecule has 0 bridgehead atoms. The standard InChI is InChI=1S/C23H18F2O/c1-3-14-10-21-17(12-19(14)24)23(16-8-6-5-7-9-16)18-13-20(25)15(4-2)11-22(18)26-21/h3,5-13H,4H2,1-2H3/b14-3-. The normalized spacial score (nSPS) is 13.2. The molecule has 130 valence electrons. The van der Waals surface area contributed by atoms with E-state index < -0.39 is 0 Å². The summed E-state index contributed by atoms with van der Waals surface area (Å²) in [6.45, 7) is 3.69. The van der Waals surface area contributed by atoms with E-state index in [-0.39, 0.29) is 11.6 Å². The Balaban J connectivity index is 2.14. The third-order valence-electron chi connectivity index (χ3n) is 4.76. The Morgan fingerprint density at radius 3 is 2.38 bits per heavy atom. The highest BCUT2D eigenvalue weighted by Crippen LogP contribution is 2.37. The van der Waals surface area contributed by atoms with Crippen molar-refractivity contribution in [3.8, 4) is 11.5 Å². The fourth-order valence-corrected chi connectivity index (χ4v) is 3.40. The van der Waals surface area contributed by atoms with Gasteiger partial charge in [0.05, 0.1) is 0 Å². The Morgan fingerprint density at radius 1 is 0.923 bits per heavy atom. The van der Waals surface area contributed by atoms with Crippen LogP contribution in [-0.2, 0) is 6.42 Å². The largest absolute Gasteiger partial charge is 0.456 e. The Hall–Kier alpha value is -2.94. The van der Waals surface area contributed by atoms with E-state index in [9.17, 15) is 8.78 Å². The van der Waals surface area contributed by atoms with Crippen molar-refractivity contribution in [2.45, 2.75) is 20.3 Å². The predicted molar refractivity (Wildman–Crippen MR) is 99.7 cm³/mol. The van der Waals surface area contributed by atoms with E-state index in [1.54, 1.807) is 25.1 Å².